The van der Waals surface area contributed by atoms with Gasteiger partial charge in [-0.25, -0.2) is 9.40 Å². The minimum atomic E-state index is -0.275. The number of halogens is 1. The van der Waals surface area contributed by atoms with E-state index in [1.54, 1.807) is 12.1 Å². The number of fused-ring (bicyclic) bond motifs is 3. The van der Waals surface area contributed by atoms with Crippen LogP contribution in [0.1, 0.15) is 40.9 Å². The third-order valence-electron chi connectivity index (χ3n) is 5.24. The second-order valence-electron chi connectivity index (χ2n) is 7.07. The molecule has 0 saturated heterocycles. The van der Waals surface area contributed by atoms with Crippen molar-refractivity contribution in [3.63, 3.8) is 0 Å². The van der Waals surface area contributed by atoms with Gasteiger partial charge in [-0.05, 0) is 30.7 Å². The predicted octanol–water partition coefficient (Wildman–Crippen LogP) is 5.38. The summed E-state index contributed by atoms with van der Waals surface area (Å²) in [5, 5.41) is 6.94. The number of hydrazone groups is 1. The number of benzene rings is 3. The number of hydrogen-bond donors (Lipinski definition) is 0. The third-order valence-corrected chi connectivity index (χ3v) is 5.24. The lowest BCUT2D eigenvalue weighted by Gasteiger charge is -2.38. The Balaban J connectivity index is 1.58. The van der Waals surface area contributed by atoms with Gasteiger partial charge in [-0.1, -0.05) is 60.2 Å². The average Bonchev–Trinajstić information content (AvgIpc) is 3.14. The molecule has 4 heteroatoms. The Morgan fingerprint density at radius 2 is 1.70 bits per heavy atom. The van der Waals surface area contributed by atoms with Gasteiger partial charge >= 0.3 is 0 Å². The SMILES string of the molecule is Cc1ccc([C@@H]2Oc3ccccc3[C@@H]3CC(c4ccc(F)cc4)=NN32)cc1. The van der Waals surface area contributed by atoms with E-state index >= 15 is 0 Å². The van der Waals surface area contributed by atoms with Crippen molar-refractivity contribution in [1.82, 2.24) is 5.01 Å². The van der Waals surface area contributed by atoms with Crippen LogP contribution < -0.4 is 4.74 Å². The molecule has 0 N–H and O–H groups in total. The van der Waals surface area contributed by atoms with Crippen molar-refractivity contribution in [1.29, 1.82) is 0 Å². The van der Waals surface area contributed by atoms with Gasteiger partial charge in [-0.15, -0.1) is 0 Å². The summed E-state index contributed by atoms with van der Waals surface area (Å²) in [7, 11) is 0. The molecule has 134 valence electrons. The Labute approximate surface area is 157 Å². The highest BCUT2D eigenvalue weighted by Gasteiger charge is 2.40. The number of para-hydroxylation sites is 1. The number of hydrogen-bond acceptors (Lipinski definition) is 3. The molecule has 2 heterocycles. The van der Waals surface area contributed by atoms with Crippen molar-refractivity contribution < 1.29 is 9.13 Å². The Kier molecular flexibility index (Phi) is 3.71. The van der Waals surface area contributed by atoms with E-state index in [2.05, 4.69) is 37.3 Å². The molecule has 3 aromatic carbocycles. The Hall–Kier alpha value is -3.14. The van der Waals surface area contributed by atoms with E-state index in [1.165, 1.54) is 17.7 Å². The summed E-state index contributed by atoms with van der Waals surface area (Å²) >= 11 is 0. The highest BCUT2D eigenvalue weighted by molar-refractivity contribution is 6.01. The maximum absolute atomic E-state index is 13.3. The van der Waals surface area contributed by atoms with Crippen molar-refractivity contribution >= 4 is 5.71 Å². The van der Waals surface area contributed by atoms with Crippen molar-refractivity contribution in [3.8, 4) is 5.75 Å². The summed E-state index contributed by atoms with van der Waals surface area (Å²) in [6.45, 7) is 2.07. The summed E-state index contributed by atoms with van der Waals surface area (Å²) in [6, 6.07) is 23.2. The summed E-state index contributed by atoms with van der Waals surface area (Å²) in [5.41, 5.74) is 5.33. The Morgan fingerprint density at radius 1 is 0.963 bits per heavy atom. The van der Waals surface area contributed by atoms with Crippen molar-refractivity contribution in [2.24, 2.45) is 5.10 Å². The van der Waals surface area contributed by atoms with Crippen LogP contribution in [0.25, 0.3) is 0 Å². The van der Waals surface area contributed by atoms with Crippen LogP contribution in [-0.2, 0) is 0 Å². The molecule has 0 saturated carbocycles. The van der Waals surface area contributed by atoms with Crippen LogP contribution in [0, 0.1) is 12.7 Å². The maximum atomic E-state index is 13.3. The molecule has 0 amide bonds. The van der Waals surface area contributed by atoms with Gasteiger partial charge in [0.2, 0.25) is 6.23 Å². The predicted molar refractivity (Wildman–Crippen MR) is 103 cm³/mol. The van der Waals surface area contributed by atoms with E-state index in [9.17, 15) is 4.39 Å². The summed E-state index contributed by atoms with van der Waals surface area (Å²) in [6.07, 6.45) is 0.498. The monoisotopic (exact) mass is 358 g/mol. The standard InChI is InChI=1S/C23H19FN2O/c1-15-6-8-17(9-7-15)23-26-21(19-4-2-3-5-22(19)27-23)14-20(25-26)16-10-12-18(24)13-11-16/h2-13,21,23H,14H2,1H3/t21-,23-/m0/s1. The zero-order chi connectivity index (χ0) is 18.4. The molecule has 0 aromatic heterocycles. The molecule has 0 fully saturated rings. The largest absolute Gasteiger partial charge is 0.464 e. The molecule has 2 aliphatic rings. The van der Waals surface area contributed by atoms with Crippen LogP contribution in [0.4, 0.5) is 4.39 Å². The fourth-order valence-corrected chi connectivity index (χ4v) is 3.80. The number of nitrogens with zero attached hydrogens (tertiary/aromatic N) is 2. The van der Waals surface area contributed by atoms with Gasteiger partial charge in [-0.3, -0.25) is 0 Å². The first-order valence-corrected chi connectivity index (χ1v) is 9.13. The van der Waals surface area contributed by atoms with Gasteiger partial charge in [0, 0.05) is 17.5 Å². The topological polar surface area (TPSA) is 24.8 Å². The summed E-state index contributed by atoms with van der Waals surface area (Å²) < 4.78 is 19.6. The molecule has 0 radical (unpaired) electrons. The van der Waals surface area contributed by atoms with Gasteiger partial charge < -0.3 is 4.74 Å². The van der Waals surface area contributed by atoms with Crippen LogP contribution >= 0.6 is 0 Å². The highest BCUT2D eigenvalue weighted by atomic mass is 19.1. The molecule has 2 atom stereocenters. The van der Waals surface area contributed by atoms with E-state index in [1.807, 2.05) is 23.2 Å². The molecule has 0 aliphatic carbocycles. The zero-order valence-electron chi connectivity index (χ0n) is 15.0. The zero-order valence-corrected chi connectivity index (χ0v) is 15.0. The summed E-state index contributed by atoms with van der Waals surface area (Å²) in [4.78, 5) is 0. The first kappa shape index (κ1) is 16.1. The fourth-order valence-electron chi connectivity index (χ4n) is 3.80. The molecular weight excluding hydrogens is 339 g/mol. The molecule has 27 heavy (non-hydrogen) atoms. The second-order valence-corrected chi connectivity index (χ2v) is 7.07. The van der Waals surface area contributed by atoms with Gasteiger partial charge in [-0.2, -0.15) is 5.10 Å². The van der Waals surface area contributed by atoms with Crippen LogP contribution in [0.3, 0.4) is 0 Å². The Bertz CT molecular complexity index is 1010. The maximum Gasteiger partial charge on any atom is 0.213 e. The van der Waals surface area contributed by atoms with Crippen LogP contribution in [0.5, 0.6) is 5.75 Å². The molecule has 2 aliphatic heterocycles. The molecule has 3 nitrogen and oxygen atoms in total. The first-order valence-electron chi connectivity index (χ1n) is 9.13. The first-order chi connectivity index (χ1) is 13.2. The number of rotatable bonds is 2. The quantitative estimate of drug-likeness (QED) is 0.615. The average molecular weight is 358 g/mol. The van der Waals surface area contributed by atoms with E-state index < -0.39 is 0 Å². The van der Waals surface area contributed by atoms with Gasteiger partial charge in [0.25, 0.3) is 0 Å². The Morgan fingerprint density at radius 3 is 2.48 bits per heavy atom. The van der Waals surface area contributed by atoms with Crippen LogP contribution in [0.2, 0.25) is 0 Å². The van der Waals surface area contributed by atoms with Gasteiger partial charge in [0.15, 0.2) is 0 Å². The lowest BCUT2D eigenvalue weighted by molar-refractivity contribution is -0.0190. The normalized spacial score (nSPS) is 20.5. The molecule has 0 unspecified atom stereocenters. The van der Waals surface area contributed by atoms with Gasteiger partial charge in [0.1, 0.15) is 11.6 Å². The van der Waals surface area contributed by atoms with E-state index in [0.717, 1.165) is 34.6 Å². The molecule has 5 rings (SSSR count). The lowest BCUT2D eigenvalue weighted by Crippen LogP contribution is -2.33. The summed E-state index contributed by atoms with van der Waals surface area (Å²) in [5.74, 6) is 0.668. The van der Waals surface area contributed by atoms with Crippen molar-refractivity contribution in [3.05, 3.63) is 101 Å². The van der Waals surface area contributed by atoms with Crippen LogP contribution in [0.15, 0.2) is 77.9 Å². The number of ether oxygens (including phenoxy) is 1. The second kappa shape index (κ2) is 6.23. The fraction of sp³-hybridized carbons (Fsp3) is 0.174. The van der Waals surface area contributed by atoms with Gasteiger partial charge in [0.05, 0.1) is 11.8 Å². The van der Waals surface area contributed by atoms with Crippen LogP contribution in [-0.4, -0.2) is 10.7 Å². The molecule has 0 bridgehead atoms. The molecule has 0 spiro atoms. The van der Waals surface area contributed by atoms with E-state index in [-0.39, 0.29) is 18.1 Å². The number of aryl methyl sites for hydroxylation is 1. The van der Waals surface area contributed by atoms with E-state index in [4.69, 9.17) is 9.84 Å². The lowest BCUT2D eigenvalue weighted by atomic mass is 9.96. The molecule has 3 aromatic rings. The smallest absolute Gasteiger partial charge is 0.213 e. The highest BCUT2D eigenvalue weighted by Crippen LogP contribution is 2.47. The molecular formula is C23H19FN2O. The third kappa shape index (κ3) is 2.78. The van der Waals surface area contributed by atoms with E-state index in [0.29, 0.717) is 0 Å². The minimum absolute atomic E-state index is 0.112. The minimum Gasteiger partial charge on any atom is -0.464 e. The van der Waals surface area contributed by atoms with Crippen molar-refractivity contribution in [2.45, 2.75) is 25.6 Å². The van der Waals surface area contributed by atoms with Crippen molar-refractivity contribution in [2.75, 3.05) is 0 Å².